The van der Waals surface area contributed by atoms with Crippen molar-refractivity contribution in [2.45, 2.75) is 110 Å². The molecule has 12 nitrogen and oxygen atoms in total. The minimum Gasteiger partial charge on any atom is -0.464 e. The molecule has 3 aromatic carbocycles. The van der Waals surface area contributed by atoms with Crippen molar-refractivity contribution < 1.29 is 55.8 Å². The molecule has 0 saturated carbocycles. The van der Waals surface area contributed by atoms with Gasteiger partial charge in [-0.15, -0.1) is 0 Å². The van der Waals surface area contributed by atoms with E-state index in [1.165, 1.54) is 13.8 Å². The summed E-state index contributed by atoms with van der Waals surface area (Å²) in [6, 6.07) is 11.1. The van der Waals surface area contributed by atoms with Crippen LogP contribution in [-0.2, 0) is 57.5 Å². The van der Waals surface area contributed by atoms with Crippen molar-refractivity contribution in [3.63, 3.8) is 0 Å². The van der Waals surface area contributed by atoms with Crippen LogP contribution in [0.1, 0.15) is 78.0 Å². The Morgan fingerprint density at radius 1 is 0.623 bits per heavy atom. The molecule has 0 aliphatic carbocycles. The lowest BCUT2D eigenvalue weighted by Crippen LogP contribution is -2.52. The Hall–Kier alpha value is -5.07. The Labute approximate surface area is 367 Å². The van der Waals surface area contributed by atoms with Gasteiger partial charge in [0.1, 0.15) is 53.0 Å². The summed E-state index contributed by atoms with van der Waals surface area (Å²) < 4.78 is 64.5. The zero-order valence-corrected chi connectivity index (χ0v) is 37.5. The molecule has 0 unspecified atom stereocenters. The molecule has 3 aromatic rings. The third kappa shape index (κ3) is 21.3. The maximum absolute atomic E-state index is 13.3. The molecule has 0 fully saturated rings. The number of rotatable bonds is 19. The third-order valence-electron chi connectivity index (χ3n) is 8.24. The molecule has 0 bridgehead atoms. The Morgan fingerprint density at radius 2 is 1.07 bits per heavy atom. The molecule has 0 aromatic heterocycles. The number of nitrogens with one attached hydrogen (secondary N) is 4. The molecule has 3 rings (SSSR count). The molecule has 61 heavy (non-hydrogen) atoms. The lowest BCUT2D eigenvalue weighted by atomic mass is 10.0. The van der Waals surface area contributed by atoms with Gasteiger partial charge < -0.3 is 30.7 Å². The Balaban J connectivity index is 0.000000422. The zero-order valence-electron chi connectivity index (χ0n) is 35.3. The second-order valence-corrected chi connectivity index (χ2v) is 16.8. The van der Waals surface area contributed by atoms with E-state index in [9.17, 15) is 46.3 Å². The van der Waals surface area contributed by atoms with Gasteiger partial charge in [-0.05, 0) is 94.3 Å². The second-order valence-electron chi connectivity index (χ2n) is 15.7. The Kier molecular flexibility index (Phi) is 21.9. The summed E-state index contributed by atoms with van der Waals surface area (Å²) >= 11 is 2.18. The SMILES string of the molecule is CC(C)C[C@H](NC(=O)[C@H](C)NC(=O)Cc1cc(F)cc(F)c1)C(=O)OC(C)(C)C.C[C@H](NC(=O)Cc1cc(F)cc(F)c1)C(=O)N[C@@H](Cc1ccccc1)C(=O)OCCCI. The Morgan fingerprint density at radius 3 is 1.48 bits per heavy atom. The molecule has 4 N–H and O–H groups in total. The summed E-state index contributed by atoms with van der Waals surface area (Å²) in [5.74, 6) is -6.41. The van der Waals surface area contributed by atoms with Crippen molar-refractivity contribution in [1.29, 1.82) is 0 Å². The van der Waals surface area contributed by atoms with E-state index in [0.29, 0.717) is 25.0 Å². The molecule has 4 amide bonds. The summed E-state index contributed by atoms with van der Waals surface area (Å²) in [5.41, 5.74) is 0.442. The van der Waals surface area contributed by atoms with E-state index < -0.39 is 88.6 Å². The first kappa shape index (κ1) is 52.1. The molecule has 17 heteroatoms. The number of esters is 2. The molecular formula is C44H55F4IN4O8. The van der Waals surface area contributed by atoms with E-state index in [4.69, 9.17) is 9.47 Å². The molecular weight excluding hydrogens is 915 g/mol. The van der Waals surface area contributed by atoms with Gasteiger partial charge >= 0.3 is 11.9 Å². The van der Waals surface area contributed by atoms with Crippen molar-refractivity contribution in [3.8, 4) is 0 Å². The number of hydrogen-bond acceptors (Lipinski definition) is 8. The van der Waals surface area contributed by atoms with E-state index in [-0.39, 0.29) is 42.9 Å². The largest absolute Gasteiger partial charge is 0.464 e. The summed E-state index contributed by atoms with van der Waals surface area (Å²) in [6.45, 7) is 12.2. The first-order valence-electron chi connectivity index (χ1n) is 19.6. The van der Waals surface area contributed by atoms with Crippen LogP contribution in [0, 0.1) is 29.2 Å². The average molecular weight is 971 g/mol. The van der Waals surface area contributed by atoms with Crippen LogP contribution in [0.15, 0.2) is 66.7 Å². The minimum absolute atomic E-state index is 0.126. The van der Waals surface area contributed by atoms with Crippen molar-refractivity contribution in [3.05, 3.63) is 107 Å². The van der Waals surface area contributed by atoms with Gasteiger partial charge in [0.15, 0.2) is 0 Å². The van der Waals surface area contributed by atoms with Crippen LogP contribution in [0.4, 0.5) is 17.6 Å². The van der Waals surface area contributed by atoms with E-state index >= 15 is 0 Å². The first-order valence-corrected chi connectivity index (χ1v) is 21.2. The van der Waals surface area contributed by atoms with Crippen molar-refractivity contribution >= 4 is 58.2 Å². The highest BCUT2D eigenvalue weighted by Gasteiger charge is 2.30. The number of alkyl halides is 1. The smallest absolute Gasteiger partial charge is 0.329 e. The van der Waals surface area contributed by atoms with Crippen LogP contribution in [-0.4, -0.2) is 76.4 Å². The van der Waals surface area contributed by atoms with Gasteiger partial charge in [-0.25, -0.2) is 27.2 Å². The summed E-state index contributed by atoms with van der Waals surface area (Å²) in [5, 5.41) is 10.2. The molecule has 0 radical (unpaired) electrons. The van der Waals surface area contributed by atoms with Gasteiger partial charge in [0.25, 0.3) is 0 Å². The predicted octanol–water partition coefficient (Wildman–Crippen LogP) is 5.99. The fraction of sp³-hybridized carbons (Fsp3) is 0.455. The highest BCUT2D eigenvalue weighted by Crippen LogP contribution is 2.14. The van der Waals surface area contributed by atoms with Crippen LogP contribution in [0.3, 0.4) is 0 Å². The van der Waals surface area contributed by atoms with Gasteiger partial charge in [0.05, 0.1) is 19.4 Å². The van der Waals surface area contributed by atoms with Gasteiger partial charge in [0.2, 0.25) is 23.6 Å². The fourth-order valence-corrected chi connectivity index (χ4v) is 5.85. The van der Waals surface area contributed by atoms with Crippen LogP contribution in [0.5, 0.6) is 0 Å². The fourth-order valence-electron chi connectivity index (χ4n) is 5.54. The number of hydrogen-bond donors (Lipinski definition) is 4. The van der Waals surface area contributed by atoms with E-state index in [1.807, 2.05) is 44.2 Å². The zero-order chi connectivity index (χ0) is 45.9. The van der Waals surface area contributed by atoms with Crippen LogP contribution < -0.4 is 21.3 Å². The third-order valence-corrected chi connectivity index (χ3v) is 9.00. The molecule has 0 aliphatic rings. The maximum Gasteiger partial charge on any atom is 0.329 e. The van der Waals surface area contributed by atoms with Gasteiger partial charge in [-0.3, -0.25) is 19.2 Å². The Bertz CT molecular complexity index is 1910. The second kappa shape index (κ2) is 25.6. The highest BCUT2D eigenvalue weighted by atomic mass is 127. The molecule has 0 spiro atoms. The van der Waals surface area contributed by atoms with Crippen molar-refractivity contribution in [2.75, 3.05) is 11.0 Å². The maximum atomic E-state index is 13.3. The lowest BCUT2D eigenvalue weighted by Gasteiger charge is -2.26. The first-order chi connectivity index (χ1) is 28.5. The van der Waals surface area contributed by atoms with E-state index in [2.05, 4.69) is 43.9 Å². The molecule has 0 heterocycles. The number of amides is 4. The number of carbonyl (C=O) groups is 6. The minimum atomic E-state index is -0.971. The van der Waals surface area contributed by atoms with Gasteiger partial charge in [-0.1, -0.05) is 66.8 Å². The quantitative estimate of drug-likeness (QED) is 0.0374. The predicted molar refractivity (Wildman–Crippen MR) is 229 cm³/mol. The summed E-state index contributed by atoms with van der Waals surface area (Å²) in [7, 11) is 0. The number of benzene rings is 3. The topological polar surface area (TPSA) is 169 Å². The van der Waals surface area contributed by atoms with E-state index in [1.54, 1.807) is 20.8 Å². The van der Waals surface area contributed by atoms with Crippen LogP contribution in [0.25, 0.3) is 0 Å². The van der Waals surface area contributed by atoms with Crippen LogP contribution in [0.2, 0.25) is 0 Å². The van der Waals surface area contributed by atoms with Crippen LogP contribution >= 0.6 is 22.6 Å². The summed E-state index contributed by atoms with van der Waals surface area (Å²) in [6.07, 6.45) is 0.736. The number of halogens is 5. The highest BCUT2D eigenvalue weighted by molar-refractivity contribution is 14.1. The standard InChI is InChI=1S/C23H25F2IN2O4.C21H30F2N2O4/c1-15(27-21(29)13-17-10-18(24)14-19(25)11-17)22(30)28-20(23(31)32-9-5-8-26)12-16-6-3-2-4-7-16;1-12(2)7-17(20(28)29-21(4,5)6)25-19(27)13(3)24-18(26)10-14-8-15(22)11-16(23)9-14/h2-4,6-7,10-11,14-15,20H,5,8-9,12-13H2,1H3,(H,27,29)(H,28,30);8-9,11-13,17H,7,10H2,1-6H3,(H,24,26)(H,25,27)/t15-,20-;13-,17-/m00/s1. The molecule has 0 saturated heterocycles. The normalized spacial score (nSPS) is 13.0. The van der Waals surface area contributed by atoms with Gasteiger partial charge in [0, 0.05) is 23.0 Å². The van der Waals surface area contributed by atoms with Crippen molar-refractivity contribution in [2.24, 2.45) is 5.92 Å². The number of ether oxygens (including phenoxy) is 2. The monoisotopic (exact) mass is 970 g/mol. The molecule has 0 aliphatic heterocycles. The molecule has 334 valence electrons. The van der Waals surface area contributed by atoms with E-state index in [0.717, 1.165) is 34.3 Å². The van der Waals surface area contributed by atoms with Gasteiger partial charge in [-0.2, -0.15) is 0 Å². The summed E-state index contributed by atoms with van der Waals surface area (Å²) in [4.78, 5) is 74.3. The molecule has 4 atom stereocenters. The van der Waals surface area contributed by atoms with Crippen molar-refractivity contribution in [1.82, 2.24) is 21.3 Å². The lowest BCUT2D eigenvalue weighted by molar-refractivity contribution is -0.159. The number of carbonyl (C=O) groups excluding carboxylic acids is 6. The average Bonchev–Trinajstić information content (AvgIpc) is 3.13.